The largest absolute Gasteiger partial charge is 0.481 e. The molecule has 0 aliphatic heterocycles. The van der Waals surface area contributed by atoms with E-state index in [2.05, 4.69) is 0 Å². The number of rotatable bonds is 4. The SMILES string of the molecule is O=C(O)C1CCCC1OCc1cccs1. The first kappa shape index (κ1) is 10.6. The monoisotopic (exact) mass is 226 g/mol. The molecule has 1 saturated carbocycles. The van der Waals surface area contributed by atoms with Gasteiger partial charge in [-0.3, -0.25) is 4.79 Å². The van der Waals surface area contributed by atoms with Gasteiger partial charge in [-0.2, -0.15) is 0 Å². The van der Waals surface area contributed by atoms with Crippen molar-refractivity contribution in [2.75, 3.05) is 0 Å². The molecule has 1 fully saturated rings. The van der Waals surface area contributed by atoms with Crippen LogP contribution in [0.25, 0.3) is 0 Å². The Bertz CT molecular complexity index is 321. The number of thiophene rings is 1. The Balaban J connectivity index is 1.86. The third-order valence-corrected chi connectivity index (χ3v) is 3.64. The molecule has 2 rings (SSSR count). The second kappa shape index (κ2) is 4.77. The Kier molecular flexibility index (Phi) is 3.38. The Morgan fingerprint density at radius 3 is 3.13 bits per heavy atom. The van der Waals surface area contributed by atoms with E-state index in [0.717, 1.165) is 24.1 Å². The Hall–Kier alpha value is -0.870. The second-order valence-electron chi connectivity index (χ2n) is 3.80. The molecule has 0 aromatic carbocycles. The minimum absolute atomic E-state index is 0.0930. The lowest BCUT2D eigenvalue weighted by atomic mass is 10.1. The van der Waals surface area contributed by atoms with Crippen LogP contribution in [0.4, 0.5) is 0 Å². The van der Waals surface area contributed by atoms with Crippen LogP contribution in [-0.4, -0.2) is 17.2 Å². The number of hydrogen-bond donors (Lipinski definition) is 1. The summed E-state index contributed by atoms with van der Waals surface area (Å²) in [7, 11) is 0. The van der Waals surface area contributed by atoms with Gasteiger partial charge in [0.05, 0.1) is 18.6 Å². The number of carboxylic acid groups (broad SMARTS) is 1. The van der Waals surface area contributed by atoms with E-state index in [1.54, 1.807) is 11.3 Å². The quantitative estimate of drug-likeness (QED) is 0.858. The van der Waals surface area contributed by atoms with Crippen molar-refractivity contribution in [2.24, 2.45) is 5.92 Å². The predicted molar refractivity (Wildman–Crippen MR) is 57.9 cm³/mol. The molecule has 15 heavy (non-hydrogen) atoms. The van der Waals surface area contributed by atoms with Gasteiger partial charge in [0, 0.05) is 4.88 Å². The number of aliphatic carboxylic acids is 1. The molecule has 0 bridgehead atoms. The second-order valence-corrected chi connectivity index (χ2v) is 4.84. The van der Waals surface area contributed by atoms with Crippen molar-refractivity contribution in [3.63, 3.8) is 0 Å². The summed E-state index contributed by atoms with van der Waals surface area (Å²) in [5, 5.41) is 11.0. The summed E-state index contributed by atoms with van der Waals surface area (Å²) in [6.45, 7) is 0.548. The molecule has 1 aromatic rings. The fourth-order valence-electron chi connectivity index (χ4n) is 1.99. The molecule has 4 heteroatoms. The van der Waals surface area contributed by atoms with Crippen LogP contribution in [0.3, 0.4) is 0 Å². The standard InChI is InChI=1S/C11H14O3S/c12-11(13)9-4-1-5-10(9)14-7-8-3-2-6-15-8/h2-3,6,9-10H,1,4-5,7H2,(H,12,13). The van der Waals surface area contributed by atoms with E-state index < -0.39 is 5.97 Å². The molecule has 0 saturated heterocycles. The van der Waals surface area contributed by atoms with Gasteiger partial charge in [0.15, 0.2) is 0 Å². The molecule has 1 aliphatic rings. The first-order valence-corrected chi connectivity index (χ1v) is 6.02. The van der Waals surface area contributed by atoms with E-state index in [9.17, 15) is 4.79 Å². The van der Waals surface area contributed by atoms with Gasteiger partial charge in [-0.25, -0.2) is 0 Å². The van der Waals surface area contributed by atoms with Crippen LogP contribution in [0.1, 0.15) is 24.1 Å². The van der Waals surface area contributed by atoms with Crippen LogP contribution < -0.4 is 0 Å². The van der Waals surface area contributed by atoms with Gasteiger partial charge in [-0.05, 0) is 30.7 Å². The summed E-state index contributed by atoms with van der Waals surface area (Å²) in [5.74, 6) is -1.02. The maximum absolute atomic E-state index is 10.9. The maximum atomic E-state index is 10.9. The van der Waals surface area contributed by atoms with Crippen molar-refractivity contribution >= 4 is 17.3 Å². The van der Waals surface area contributed by atoms with Gasteiger partial charge in [0.1, 0.15) is 0 Å². The number of carbonyl (C=O) groups is 1. The fraction of sp³-hybridized carbons (Fsp3) is 0.545. The molecule has 0 spiro atoms. The molecule has 1 N–H and O–H groups in total. The molecule has 1 aliphatic carbocycles. The zero-order valence-electron chi connectivity index (χ0n) is 8.39. The highest BCUT2D eigenvalue weighted by Crippen LogP contribution is 2.29. The minimum Gasteiger partial charge on any atom is -0.481 e. The molecule has 0 amide bonds. The minimum atomic E-state index is -0.719. The Morgan fingerprint density at radius 1 is 1.60 bits per heavy atom. The molecule has 1 heterocycles. The van der Waals surface area contributed by atoms with Crippen molar-refractivity contribution < 1.29 is 14.6 Å². The fourth-order valence-corrected chi connectivity index (χ4v) is 2.62. The lowest BCUT2D eigenvalue weighted by Crippen LogP contribution is -2.25. The van der Waals surface area contributed by atoms with Crippen LogP contribution in [0.5, 0.6) is 0 Å². The van der Waals surface area contributed by atoms with Gasteiger partial charge in [0.25, 0.3) is 0 Å². The normalized spacial score (nSPS) is 25.6. The maximum Gasteiger partial charge on any atom is 0.309 e. The van der Waals surface area contributed by atoms with Crippen LogP contribution in [-0.2, 0) is 16.1 Å². The molecular weight excluding hydrogens is 212 g/mol. The predicted octanol–water partition coefficient (Wildman–Crippen LogP) is 2.52. The molecule has 2 atom stereocenters. The number of carboxylic acids is 1. The lowest BCUT2D eigenvalue weighted by Gasteiger charge is -2.15. The summed E-state index contributed by atoms with van der Waals surface area (Å²) >= 11 is 1.64. The third-order valence-electron chi connectivity index (χ3n) is 2.79. The topological polar surface area (TPSA) is 46.5 Å². The third kappa shape index (κ3) is 2.58. The number of hydrogen-bond acceptors (Lipinski definition) is 3. The molecule has 3 nitrogen and oxygen atoms in total. The lowest BCUT2D eigenvalue weighted by molar-refractivity contribution is -0.146. The van der Waals surface area contributed by atoms with Gasteiger partial charge in [0.2, 0.25) is 0 Å². The molecule has 1 aromatic heterocycles. The average molecular weight is 226 g/mol. The summed E-state index contributed by atoms with van der Waals surface area (Å²) in [5.41, 5.74) is 0. The van der Waals surface area contributed by atoms with E-state index in [0.29, 0.717) is 6.61 Å². The van der Waals surface area contributed by atoms with E-state index in [1.807, 2.05) is 17.5 Å². The Morgan fingerprint density at radius 2 is 2.47 bits per heavy atom. The van der Waals surface area contributed by atoms with Crippen LogP contribution in [0.2, 0.25) is 0 Å². The summed E-state index contributed by atoms with van der Waals surface area (Å²) in [6.07, 6.45) is 2.50. The van der Waals surface area contributed by atoms with Crippen molar-refractivity contribution in [1.82, 2.24) is 0 Å². The summed E-state index contributed by atoms with van der Waals surface area (Å²) in [4.78, 5) is 12.1. The van der Waals surface area contributed by atoms with Gasteiger partial charge < -0.3 is 9.84 Å². The molecule has 82 valence electrons. The molecule has 0 radical (unpaired) electrons. The van der Waals surface area contributed by atoms with Crippen molar-refractivity contribution in [3.05, 3.63) is 22.4 Å². The summed E-state index contributed by atoms with van der Waals surface area (Å²) < 4.78 is 5.65. The van der Waals surface area contributed by atoms with Gasteiger partial charge in [-0.15, -0.1) is 11.3 Å². The Labute approximate surface area is 92.7 Å². The zero-order chi connectivity index (χ0) is 10.7. The van der Waals surface area contributed by atoms with Crippen LogP contribution >= 0.6 is 11.3 Å². The highest BCUT2D eigenvalue weighted by atomic mass is 32.1. The van der Waals surface area contributed by atoms with E-state index in [-0.39, 0.29) is 12.0 Å². The van der Waals surface area contributed by atoms with E-state index in [1.165, 1.54) is 0 Å². The highest BCUT2D eigenvalue weighted by Gasteiger charge is 2.33. The highest BCUT2D eigenvalue weighted by molar-refractivity contribution is 7.09. The van der Waals surface area contributed by atoms with Crippen molar-refractivity contribution in [2.45, 2.75) is 32.0 Å². The van der Waals surface area contributed by atoms with Crippen molar-refractivity contribution in [1.29, 1.82) is 0 Å². The first-order chi connectivity index (χ1) is 7.27. The van der Waals surface area contributed by atoms with Gasteiger partial charge in [-0.1, -0.05) is 6.07 Å². The smallest absolute Gasteiger partial charge is 0.309 e. The van der Waals surface area contributed by atoms with Gasteiger partial charge >= 0.3 is 5.97 Å². The molecular formula is C11H14O3S. The molecule has 2 unspecified atom stereocenters. The number of ether oxygens (including phenoxy) is 1. The zero-order valence-corrected chi connectivity index (χ0v) is 9.20. The summed E-state index contributed by atoms with van der Waals surface area (Å²) in [6, 6.07) is 3.99. The van der Waals surface area contributed by atoms with Crippen molar-refractivity contribution in [3.8, 4) is 0 Å². The van der Waals surface area contributed by atoms with E-state index >= 15 is 0 Å². The van der Waals surface area contributed by atoms with E-state index in [4.69, 9.17) is 9.84 Å². The van der Waals surface area contributed by atoms with Crippen LogP contribution in [0.15, 0.2) is 17.5 Å². The average Bonchev–Trinajstić information content (AvgIpc) is 2.86. The first-order valence-electron chi connectivity index (χ1n) is 5.14. The van der Waals surface area contributed by atoms with Crippen LogP contribution in [0, 0.1) is 5.92 Å².